The van der Waals surface area contributed by atoms with Crippen molar-refractivity contribution in [1.82, 2.24) is 10.3 Å². The number of amides is 2. The second-order valence-corrected chi connectivity index (χ2v) is 6.70. The van der Waals surface area contributed by atoms with Crippen LogP contribution in [0, 0.1) is 13.8 Å². The lowest BCUT2D eigenvalue weighted by atomic mass is 9.98. The molecule has 0 aliphatic carbocycles. The molecule has 2 heterocycles. The first-order valence-corrected chi connectivity index (χ1v) is 8.12. The molecule has 0 saturated carbocycles. The first-order valence-electron chi connectivity index (χ1n) is 7.30. The van der Waals surface area contributed by atoms with Gasteiger partial charge in [-0.15, -0.1) is 0 Å². The number of fused-ring (bicyclic) bond motifs is 3. The van der Waals surface area contributed by atoms with Gasteiger partial charge in [0.05, 0.1) is 4.91 Å². The number of imide groups is 1. The maximum absolute atomic E-state index is 11.8. The molecule has 2 aromatic carbocycles. The van der Waals surface area contributed by atoms with Gasteiger partial charge in [0.1, 0.15) is 0 Å². The van der Waals surface area contributed by atoms with Crippen LogP contribution in [0.5, 0.6) is 0 Å². The molecule has 1 aliphatic heterocycles. The average molecular weight is 322 g/mol. The van der Waals surface area contributed by atoms with Gasteiger partial charge in [-0.25, -0.2) is 0 Å². The number of aromatic amines is 1. The number of hydrogen-bond acceptors (Lipinski definition) is 3. The first kappa shape index (κ1) is 14.1. The second-order valence-electron chi connectivity index (χ2n) is 5.68. The van der Waals surface area contributed by atoms with Crippen molar-refractivity contribution in [2.24, 2.45) is 0 Å². The number of para-hydroxylation sites is 1. The van der Waals surface area contributed by atoms with Crippen LogP contribution in [0.2, 0.25) is 0 Å². The molecule has 1 saturated heterocycles. The van der Waals surface area contributed by atoms with Crippen molar-refractivity contribution in [3.8, 4) is 0 Å². The molecule has 1 fully saturated rings. The van der Waals surface area contributed by atoms with E-state index in [1.165, 1.54) is 10.8 Å². The molecule has 1 aliphatic rings. The number of thioether (sulfide) groups is 1. The van der Waals surface area contributed by atoms with E-state index < -0.39 is 0 Å². The van der Waals surface area contributed by atoms with Gasteiger partial charge in [0.2, 0.25) is 0 Å². The molecule has 0 radical (unpaired) electrons. The standard InChI is InChI=1S/C18H14N2O2S/c1-9-7-11(8-14-17(21)20-18(22)23-14)10(2)15-12-5-3-4-6-13(12)19-16(9)15/h3-8,19H,1-2H3,(H,20,21,22). The van der Waals surface area contributed by atoms with E-state index in [0.717, 1.165) is 39.5 Å². The van der Waals surface area contributed by atoms with Gasteiger partial charge >= 0.3 is 0 Å². The summed E-state index contributed by atoms with van der Waals surface area (Å²) in [5, 5.41) is 4.32. The summed E-state index contributed by atoms with van der Waals surface area (Å²) in [5.74, 6) is -0.323. The summed E-state index contributed by atoms with van der Waals surface area (Å²) in [6.07, 6.45) is 1.80. The number of carbonyl (C=O) groups excluding carboxylic acids is 2. The highest BCUT2D eigenvalue weighted by molar-refractivity contribution is 8.18. The number of nitrogens with one attached hydrogen (secondary N) is 2. The van der Waals surface area contributed by atoms with Crippen LogP contribution in [0.4, 0.5) is 4.79 Å². The van der Waals surface area contributed by atoms with Gasteiger partial charge in [-0.3, -0.25) is 14.9 Å². The van der Waals surface area contributed by atoms with Gasteiger partial charge in [-0.1, -0.05) is 18.2 Å². The molecule has 0 atom stereocenters. The van der Waals surface area contributed by atoms with Crippen LogP contribution < -0.4 is 5.32 Å². The average Bonchev–Trinajstić information content (AvgIpc) is 3.05. The summed E-state index contributed by atoms with van der Waals surface area (Å²) in [7, 11) is 0. The zero-order valence-electron chi connectivity index (χ0n) is 12.7. The molecule has 23 heavy (non-hydrogen) atoms. The highest BCUT2D eigenvalue weighted by Gasteiger charge is 2.25. The molecule has 0 unspecified atom stereocenters. The third-order valence-corrected chi connectivity index (χ3v) is 5.02. The van der Waals surface area contributed by atoms with Crippen molar-refractivity contribution in [1.29, 1.82) is 0 Å². The Hall–Kier alpha value is -2.53. The highest BCUT2D eigenvalue weighted by atomic mass is 32.2. The summed E-state index contributed by atoms with van der Waals surface area (Å²) >= 11 is 0.948. The Kier molecular flexibility index (Phi) is 3.06. The van der Waals surface area contributed by atoms with E-state index in [2.05, 4.69) is 28.5 Å². The smallest absolute Gasteiger partial charge is 0.290 e. The monoisotopic (exact) mass is 322 g/mol. The normalized spacial score (nSPS) is 16.7. The molecule has 2 N–H and O–H groups in total. The van der Waals surface area contributed by atoms with Crippen LogP contribution in [0.1, 0.15) is 16.7 Å². The fourth-order valence-electron chi connectivity index (χ4n) is 3.10. The molecule has 2 amide bonds. The highest BCUT2D eigenvalue weighted by Crippen LogP contribution is 2.34. The molecule has 3 aromatic rings. The van der Waals surface area contributed by atoms with Crippen molar-refractivity contribution in [2.45, 2.75) is 13.8 Å². The Morgan fingerprint density at radius 1 is 1.13 bits per heavy atom. The van der Waals surface area contributed by atoms with Crippen LogP contribution in [0.25, 0.3) is 27.9 Å². The first-order chi connectivity index (χ1) is 11.0. The quantitative estimate of drug-likeness (QED) is 0.658. The van der Waals surface area contributed by atoms with Crippen LogP contribution in [-0.2, 0) is 4.79 Å². The third-order valence-electron chi connectivity index (χ3n) is 4.21. The molecule has 0 spiro atoms. The molecular formula is C18H14N2O2S. The molecule has 0 bridgehead atoms. The lowest BCUT2D eigenvalue weighted by Gasteiger charge is -2.07. The van der Waals surface area contributed by atoms with Crippen molar-refractivity contribution in [3.05, 3.63) is 51.9 Å². The van der Waals surface area contributed by atoms with Gasteiger partial charge in [0, 0.05) is 21.8 Å². The van der Waals surface area contributed by atoms with Crippen molar-refractivity contribution in [2.75, 3.05) is 0 Å². The zero-order chi connectivity index (χ0) is 16.1. The summed E-state index contributed by atoms with van der Waals surface area (Å²) in [6.45, 7) is 4.10. The van der Waals surface area contributed by atoms with E-state index in [1.54, 1.807) is 6.08 Å². The Labute approximate surface area is 136 Å². The Morgan fingerprint density at radius 2 is 1.91 bits per heavy atom. The number of H-pyrrole nitrogens is 1. The molecule has 4 nitrogen and oxygen atoms in total. The minimum Gasteiger partial charge on any atom is -0.354 e. The molecular weight excluding hydrogens is 308 g/mol. The third kappa shape index (κ3) is 2.16. The van der Waals surface area contributed by atoms with Crippen molar-refractivity contribution >= 4 is 50.8 Å². The summed E-state index contributed by atoms with van der Waals surface area (Å²) < 4.78 is 0. The zero-order valence-corrected chi connectivity index (χ0v) is 13.5. The summed E-state index contributed by atoms with van der Waals surface area (Å²) in [6, 6.07) is 10.2. The van der Waals surface area contributed by atoms with E-state index in [9.17, 15) is 9.59 Å². The summed E-state index contributed by atoms with van der Waals surface area (Å²) in [5.41, 5.74) is 5.39. The van der Waals surface area contributed by atoms with Crippen LogP contribution in [-0.4, -0.2) is 16.1 Å². The van der Waals surface area contributed by atoms with Crippen molar-refractivity contribution < 1.29 is 9.59 Å². The van der Waals surface area contributed by atoms with Gasteiger partial charge in [0.25, 0.3) is 11.1 Å². The van der Waals surface area contributed by atoms with Crippen molar-refractivity contribution in [3.63, 3.8) is 0 Å². The maximum Gasteiger partial charge on any atom is 0.290 e. The number of hydrogen-bond donors (Lipinski definition) is 2. The van der Waals surface area contributed by atoms with Gasteiger partial charge in [-0.2, -0.15) is 0 Å². The van der Waals surface area contributed by atoms with Gasteiger partial charge < -0.3 is 4.98 Å². The minimum absolute atomic E-state index is 0.316. The van der Waals surface area contributed by atoms with Crippen LogP contribution in [0.15, 0.2) is 35.2 Å². The maximum atomic E-state index is 11.8. The topological polar surface area (TPSA) is 62.0 Å². The molecule has 4 rings (SSSR count). The van der Waals surface area contributed by atoms with E-state index in [1.807, 2.05) is 26.0 Å². The number of rotatable bonds is 1. The number of carbonyl (C=O) groups is 2. The molecule has 5 heteroatoms. The lowest BCUT2D eigenvalue weighted by molar-refractivity contribution is -0.115. The largest absolute Gasteiger partial charge is 0.354 e. The van der Waals surface area contributed by atoms with E-state index >= 15 is 0 Å². The van der Waals surface area contributed by atoms with Gasteiger partial charge in [-0.05, 0) is 60.5 Å². The second kappa shape index (κ2) is 4.99. The number of aromatic nitrogens is 1. The minimum atomic E-state index is -0.323. The van der Waals surface area contributed by atoms with E-state index in [4.69, 9.17) is 0 Å². The molecule has 1 aromatic heterocycles. The Balaban J connectivity index is 2.00. The Morgan fingerprint density at radius 3 is 2.65 bits per heavy atom. The lowest BCUT2D eigenvalue weighted by Crippen LogP contribution is -2.17. The SMILES string of the molecule is Cc1cc(C=C2SC(=O)NC2=O)c(C)c2c1[nH]c1ccccc12. The predicted molar refractivity (Wildman–Crippen MR) is 94.4 cm³/mol. The van der Waals surface area contributed by atoms with E-state index in [-0.39, 0.29) is 11.1 Å². The fraction of sp³-hybridized carbons (Fsp3) is 0.111. The predicted octanol–water partition coefficient (Wildman–Crippen LogP) is 4.26. The van der Waals surface area contributed by atoms with E-state index in [0.29, 0.717) is 4.91 Å². The number of aryl methyl sites for hydroxylation is 2. The Bertz CT molecular complexity index is 1030. The fourth-order valence-corrected chi connectivity index (χ4v) is 3.77. The number of benzene rings is 2. The van der Waals surface area contributed by atoms with Gasteiger partial charge in [0.15, 0.2) is 0 Å². The van der Waals surface area contributed by atoms with Crippen LogP contribution >= 0.6 is 11.8 Å². The summed E-state index contributed by atoms with van der Waals surface area (Å²) in [4.78, 5) is 27.0. The van der Waals surface area contributed by atoms with Crippen LogP contribution in [0.3, 0.4) is 0 Å². The molecule has 114 valence electrons.